The van der Waals surface area contributed by atoms with Crippen molar-refractivity contribution in [2.24, 2.45) is 5.73 Å². The van der Waals surface area contributed by atoms with Crippen molar-refractivity contribution in [1.82, 2.24) is 10.2 Å². The number of nitrogens with two attached hydrogens (primary N) is 1. The summed E-state index contributed by atoms with van der Waals surface area (Å²) in [6, 6.07) is 0. The molecule has 1 rings (SSSR count). The van der Waals surface area contributed by atoms with Crippen LogP contribution in [0.1, 0.15) is 12.8 Å². The van der Waals surface area contributed by atoms with E-state index in [1.165, 1.54) is 0 Å². The van der Waals surface area contributed by atoms with E-state index in [9.17, 15) is 0 Å². The van der Waals surface area contributed by atoms with Gasteiger partial charge in [-0.3, -0.25) is 0 Å². The van der Waals surface area contributed by atoms with Crippen LogP contribution in [0.2, 0.25) is 0 Å². The largest absolute Gasteiger partial charge is 0.324 e. The van der Waals surface area contributed by atoms with Crippen LogP contribution in [-0.2, 0) is 0 Å². The smallest absolute Gasteiger partial charge is 0.0305 e. The van der Waals surface area contributed by atoms with Gasteiger partial charge in [0.1, 0.15) is 0 Å². The summed E-state index contributed by atoms with van der Waals surface area (Å²) in [5.74, 6) is 0. The molecular formula is C8H19N3. The Morgan fingerprint density at radius 1 is 1.55 bits per heavy atom. The first-order valence-corrected chi connectivity index (χ1v) is 4.27. The molecule has 1 saturated heterocycles. The maximum absolute atomic E-state index is 6.12. The third-order valence-electron chi connectivity index (χ3n) is 2.33. The summed E-state index contributed by atoms with van der Waals surface area (Å²) in [5, 5.41) is 3.29. The summed E-state index contributed by atoms with van der Waals surface area (Å²) in [7, 11) is 4.18. The number of hydrogen-bond acceptors (Lipinski definition) is 3. The highest BCUT2D eigenvalue weighted by atomic mass is 15.1. The van der Waals surface area contributed by atoms with Crippen molar-refractivity contribution < 1.29 is 0 Å². The first-order valence-electron chi connectivity index (χ1n) is 4.27. The van der Waals surface area contributed by atoms with Crippen LogP contribution < -0.4 is 11.1 Å². The van der Waals surface area contributed by atoms with E-state index in [-0.39, 0.29) is 5.54 Å². The van der Waals surface area contributed by atoms with E-state index in [0.717, 1.165) is 32.5 Å². The second-order valence-electron chi connectivity index (χ2n) is 3.84. The van der Waals surface area contributed by atoms with E-state index in [2.05, 4.69) is 24.3 Å². The van der Waals surface area contributed by atoms with Gasteiger partial charge in [-0.15, -0.1) is 0 Å². The predicted octanol–water partition coefficient (Wildman–Crippen LogP) is -0.371. The molecule has 0 amide bonds. The Kier molecular flexibility index (Phi) is 2.87. The molecule has 0 radical (unpaired) electrons. The highest BCUT2D eigenvalue weighted by Gasteiger charge is 2.28. The van der Waals surface area contributed by atoms with Crippen molar-refractivity contribution in [1.29, 1.82) is 0 Å². The van der Waals surface area contributed by atoms with E-state index in [1.807, 2.05) is 0 Å². The van der Waals surface area contributed by atoms with E-state index < -0.39 is 0 Å². The second kappa shape index (κ2) is 3.52. The summed E-state index contributed by atoms with van der Waals surface area (Å²) in [6.45, 7) is 3.17. The van der Waals surface area contributed by atoms with Crippen molar-refractivity contribution >= 4 is 0 Å². The van der Waals surface area contributed by atoms with Crippen LogP contribution >= 0.6 is 0 Å². The number of rotatable bonds is 3. The quantitative estimate of drug-likeness (QED) is 0.587. The Hall–Kier alpha value is -0.120. The molecule has 0 aromatic heterocycles. The van der Waals surface area contributed by atoms with E-state index >= 15 is 0 Å². The third kappa shape index (κ3) is 2.77. The minimum absolute atomic E-state index is 0.0737. The zero-order valence-electron chi connectivity index (χ0n) is 7.56. The van der Waals surface area contributed by atoms with Gasteiger partial charge in [-0.1, -0.05) is 0 Å². The first-order chi connectivity index (χ1) is 5.12. The summed E-state index contributed by atoms with van der Waals surface area (Å²) >= 11 is 0. The summed E-state index contributed by atoms with van der Waals surface area (Å²) < 4.78 is 0. The van der Waals surface area contributed by atoms with E-state index in [1.54, 1.807) is 0 Å². The van der Waals surface area contributed by atoms with Crippen LogP contribution in [0.5, 0.6) is 0 Å². The van der Waals surface area contributed by atoms with Crippen LogP contribution in [0.25, 0.3) is 0 Å². The lowest BCUT2D eigenvalue weighted by Gasteiger charge is -2.24. The molecule has 0 saturated carbocycles. The maximum Gasteiger partial charge on any atom is 0.0305 e. The van der Waals surface area contributed by atoms with Crippen molar-refractivity contribution in [3.05, 3.63) is 0 Å². The molecule has 0 aliphatic carbocycles. The van der Waals surface area contributed by atoms with Gasteiger partial charge in [-0.25, -0.2) is 0 Å². The van der Waals surface area contributed by atoms with Gasteiger partial charge in [0.15, 0.2) is 0 Å². The average Bonchev–Trinajstić information content (AvgIpc) is 2.33. The average molecular weight is 157 g/mol. The molecule has 3 N–H and O–H groups in total. The highest BCUT2D eigenvalue weighted by Crippen LogP contribution is 2.15. The molecule has 1 atom stereocenters. The van der Waals surface area contributed by atoms with Gasteiger partial charge in [0, 0.05) is 12.1 Å². The zero-order chi connectivity index (χ0) is 8.32. The summed E-state index contributed by atoms with van der Waals surface area (Å²) in [4.78, 5) is 2.19. The fraction of sp³-hybridized carbons (Fsp3) is 1.00. The molecule has 0 aromatic carbocycles. The van der Waals surface area contributed by atoms with Crippen LogP contribution in [-0.4, -0.2) is 44.2 Å². The molecule has 0 aromatic rings. The van der Waals surface area contributed by atoms with Gasteiger partial charge in [0.2, 0.25) is 0 Å². The lowest BCUT2D eigenvalue weighted by Crippen LogP contribution is -2.44. The van der Waals surface area contributed by atoms with Gasteiger partial charge in [0.25, 0.3) is 0 Å². The Morgan fingerprint density at radius 2 is 2.27 bits per heavy atom. The minimum Gasteiger partial charge on any atom is -0.324 e. The molecule has 66 valence electrons. The fourth-order valence-corrected chi connectivity index (χ4v) is 1.42. The molecule has 1 heterocycles. The van der Waals surface area contributed by atoms with Gasteiger partial charge in [-0.2, -0.15) is 0 Å². The molecular weight excluding hydrogens is 138 g/mol. The van der Waals surface area contributed by atoms with Gasteiger partial charge in [0.05, 0.1) is 0 Å². The molecule has 1 aliphatic rings. The first kappa shape index (κ1) is 8.97. The fourth-order valence-electron chi connectivity index (χ4n) is 1.42. The van der Waals surface area contributed by atoms with E-state index in [0.29, 0.717) is 0 Å². The molecule has 1 aliphatic heterocycles. The third-order valence-corrected chi connectivity index (χ3v) is 2.33. The SMILES string of the molecule is CN(C)CCC1(N)CCNC1. The van der Waals surface area contributed by atoms with Crippen molar-refractivity contribution in [3.63, 3.8) is 0 Å². The molecule has 3 heteroatoms. The maximum atomic E-state index is 6.12. The van der Waals surface area contributed by atoms with Crippen LogP contribution in [0.4, 0.5) is 0 Å². The standard InChI is InChI=1S/C8H19N3/c1-11(2)6-4-8(9)3-5-10-7-8/h10H,3-7,9H2,1-2H3. The Bertz CT molecular complexity index is 117. The number of nitrogens with one attached hydrogen (secondary N) is 1. The normalized spacial score (nSPS) is 31.6. The number of hydrogen-bond donors (Lipinski definition) is 2. The molecule has 0 spiro atoms. The molecule has 0 bridgehead atoms. The number of nitrogens with zero attached hydrogens (tertiary/aromatic N) is 1. The monoisotopic (exact) mass is 157 g/mol. The lowest BCUT2D eigenvalue weighted by molar-refractivity contribution is 0.328. The van der Waals surface area contributed by atoms with Gasteiger partial charge in [-0.05, 0) is 40.0 Å². The lowest BCUT2D eigenvalue weighted by atomic mass is 9.96. The highest BCUT2D eigenvalue weighted by molar-refractivity contribution is 4.92. The molecule has 1 fully saturated rings. The second-order valence-corrected chi connectivity index (χ2v) is 3.84. The summed E-state index contributed by atoms with van der Waals surface area (Å²) in [5.41, 5.74) is 6.19. The van der Waals surface area contributed by atoms with Crippen molar-refractivity contribution in [2.75, 3.05) is 33.7 Å². The van der Waals surface area contributed by atoms with Crippen molar-refractivity contribution in [3.8, 4) is 0 Å². The van der Waals surface area contributed by atoms with Crippen LogP contribution in [0, 0.1) is 0 Å². The predicted molar refractivity (Wildman–Crippen MR) is 47.6 cm³/mol. The summed E-state index contributed by atoms with van der Waals surface area (Å²) in [6.07, 6.45) is 2.23. The molecule has 11 heavy (non-hydrogen) atoms. The van der Waals surface area contributed by atoms with E-state index in [4.69, 9.17) is 5.73 Å². The zero-order valence-corrected chi connectivity index (χ0v) is 7.56. The van der Waals surface area contributed by atoms with Crippen LogP contribution in [0.15, 0.2) is 0 Å². The molecule has 3 nitrogen and oxygen atoms in total. The Morgan fingerprint density at radius 3 is 2.73 bits per heavy atom. The van der Waals surface area contributed by atoms with Gasteiger partial charge >= 0.3 is 0 Å². The topological polar surface area (TPSA) is 41.3 Å². The van der Waals surface area contributed by atoms with Gasteiger partial charge < -0.3 is 16.0 Å². The Labute approximate surface area is 68.9 Å². The molecule has 1 unspecified atom stereocenters. The minimum atomic E-state index is 0.0737. The Balaban J connectivity index is 2.23. The van der Waals surface area contributed by atoms with Crippen LogP contribution in [0.3, 0.4) is 0 Å². The van der Waals surface area contributed by atoms with Crippen molar-refractivity contribution in [2.45, 2.75) is 18.4 Å².